The zero-order valence-electron chi connectivity index (χ0n) is 9.87. The van der Waals surface area contributed by atoms with Crippen LogP contribution in [0.3, 0.4) is 0 Å². The van der Waals surface area contributed by atoms with Crippen molar-refractivity contribution in [2.75, 3.05) is 6.54 Å². The lowest BCUT2D eigenvalue weighted by molar-refractivity contribution is 0.376. The molecule has 0 unspecified atom stereocenters. The maximum Gasteiger partial charge on any atom is 0.0938 e. The second kappa shape index (κ2) is 5.18. The monoisotopic (exact) mass is 330 g/mol. The second-order valence-corrected chi connectivity index (χ2v) is 7.57. The molecule has 5 heteroatoms. The van der Waals surface area contributed by atoms with Gasteiger partial charge >= 0.3 is 0 Å². The summed E-state index contributed by atoms with van der Waals surface area (Å²) in [5, 5.41) is 5.37. The summed E-state index contributed by atoms with van der Waals surface area (Å²) in [4.78, 5) is 5.89. The summed E-state index contributed by atoms with van der Waals surface area (Å²) in [6, 6.07) is 2.11. The zero-order valence-corrected chi connectivity index (χ0v) is 13.1. The number of thiophene rings is 1. The topological polar surface area (TPSA) is 38.9 Å². The first-order valence-electron chi connectivity index (χ1n) is 5.39. The minimum atomic E-state index is 0.130. The van der Waals surface area contributed by atoms with Crippen molar-refractivity contribution in [1.82, 2.24) is 4.98 Å². The molecular formula is C12H15BrN2S2. The van der Waals surface area contributed by atoms with Crippen molar-refractivity contribution in [3.63, 3.8) is 0 Å². The van der Waals surface area contributed by atoms with Crippen LogP contribution in [-0.2, 0) is 6.42 Å². The molecule has 0 saturated heterocycles. The molecule has 92 valence electrons. The number of rotatable bonds is 4. The molecule has 2 nitrogen and oxygen atoms in total. The molecule has 0 bridgehead atoms. The van der Waals surface area contributed by atoms with E-state index in [0.29, 0.717) is 6.54 Å². The molecule has 2 heterocycles. The molecule has 2 N–H and O–H groups in total. The summed E-state index contributed by atoms with van der Waals surface area (Å²) in [5.41, 5.74) is 6.96. The fourth-order valence-corrected chi connectivity index (χ4v) is 3.95. The van der Waals surface area contributed by atoms with Crippen LogP contribution in [0, 0.1) is 5.41 Å². The Bertz CT molecular complexity index is 502. The van der Waals surface area contributed by atoms with Gasteiger partial charge in [-0.1, -0.05) is 13.8 Å². The van der Waals surface area contributed by atoms with E-state index in [9.17, 15) is 0 Å². The van der Waals surface area contributed by atoms with Gasteiger partial charge in [0.25, 0.3) is 0 Å². The van der Waals surface area contributed by atoms with Gasteiger partial charge in [0, 0.05) is 21.7 Å². The van der Waals surface area contributed by atoms with Crippen molar-refractivity contribution < 1.29 is 0 Å². The largest absolute Gasteiger partial charge is 0.330 e. The van der Waals surface area contributed by atoms with Crippen LogP contribution < -0.4 is 5.73 Å². The lowest BCUT2D eigenvalue weighted by Crippen LogP contribution is -2.25. The Morgan fingerprint density at radius 1 is 1.35 bits per heavy atom. The SMILES string of the molecule is CC(C)(CN)Cc1nc(-c2cc(Br)cs2)cs1. The smallest absolute Gasteiger partial charge is 0.0938 e. The minimum Gasteiger partial charge on any atom is -0.330 e. The highest BCUT2D eigenvalue weighted by molar-refractivity contribution is 9.10. The molecule has 17 heavy (non-hydrogen) atoms. The summed E-state index contributed by atoms with van der Waals surface area (Å²) in [6.07, 6.45) is 0.945. The number of hydrogen-bond donors (Lipinski definition) is 1. The van der Waals surface area contributed by atoms with Crippen molar-refractivity contribution >= 4 is 38.6 Å². The molecule has 0 radical (unpaired) electrons. The van der Waals surface area contributed by atoms with Gasteiger partial charge in [-0.25, -0.2) is 4.98 Å². The predicted octanol–water partition coefficient (Wildman–Crippen LogP) is 4.16. The van der Waals surface area contributed by atoms with E-state index >= 15 is 0 Å². The van der Waals surface area contributed by atoms with Gasteiger partial charge in [0.1, 0.15) is 0 Å². The molecule has 2 aromatic heterocycles. The number of nitrogens with zero attached hydrogens (tertiary/aromatic N) is 1. The number of halogens is 1. The lowest BCUT2D eigenvalue weighted by Gasteiger charge is -2.20. The van der Waals surface area contributed by atoms with Crippen LogP contribution in [0.25, 0.3) is 10.6 Å². The van der Waals surface area contributed by atoms with E-state index in [-0.39, 0.29) is 5.41 Å². The second-order valence-electron chi connectivity index (χ2n) is 4.80. The number of thiazole rings is 1. The van der Waals surface area contributed by atoms with Crippen LogP contribution in [0.5, 0.6) is 0 Å². The molecule has 0 spiro atoms. The van der Waals surface area contributed by atoms with Crippen LogP contribution in [0.15, 0.2) is 21.3 Å². The molecule has 0 saturated carbocycles. The molecule has 0 aliphatic rings. The van der Waals surface area contributed by atoms with Crippen LogP contribution in [0.4, 0.5) is 0 Å². The molecule has 2 rings (SSSR count). The number of nitrogens with two attached hydrogens (primary N) is 1. The maximum absolute atomic E-state index is 5.75. The highest BCUT2D eigenvalue weighted by atomic mass is 79.9. The van der Waals surface area contributed by atoms with Gasteiger partial charge in [-0.05, 0) is 34.0 Å². The predicted molar refractivity (Wildman–Crippen MR) is 79.7 cm³/mol. The average molecular weight is 331 g/mol. The molecule has 0 aliphatic carbocycles. The molecule has 0 aliphatic heterocycles. The minimum absolute atomic E-state index is 0.130. The molecule has 0 atom stereocenters. The average Bonchev–Trinajstić information content (AvgIpc) is 2.86. The Kier molecular flexibility index (Phi) is 4.02. The number of hydrogen-bond acceptors (Lipinski definition) is 4. The van der Waals surface area contributed by atoms with Crippen LogP contribution in [-0.4, -0.2) is 11.5 Å². The summed E-state index contributed by atoms with van der Waals surface area (Å²) >= 11 is 6.90. The van der Waals surface area contributed by atoms with Crippen LogP contribution in [0.1, 0.15) is 18.9 Å². The van der Waals surface area contributed by atoms with Gasteiger partial charge in [-0.3, -0.25) is 0 Å². The molecule has 2 aromatic rings. The van der Waals surface area contributed by atoms with E-state index in [1.54, 1.807) is 22.7 Å². The third-order valence-electron chi connectivity index (χ3n) is 2.55. The third kappa shape index (κ3) is 3.37. The van der Waals surface area contributed by atoms with Crippen molar-refractivity contribution in [2.24, 2.45) is 11.1 Å². The van der Waals surface area contributed by atoms with Gasteiger partial charge in [-0.2, -0.15) is 0 Å². The van der Waals surface area contributed by atoms with E-state index < -0.39 is 0 Å². The first kappa shape index (κ1) is 13.2. The van der Waals surface area contributed by atoms with Crippen LogP contribution in [0.2, 0.25) is 0 Å². The Morgan fingerprint density at radius 2 is 2.12 bits per heavy atom. The van der Waals surface area contributed by atoms with Gasteiger partial charge in [0.05, 0.1) is 15.6 Å². The van der Waals surface area contributed by atoms with Gasteiger partial charge < -0.3 is 5.73 Å². The highest BCUT2D eigenvalue weighted by Crippen LogP contribution is 2.32. The zero-order chi connectivity index (χ0) is 12.5. The van der Waals surface area contributed by atoms with E-state index in [0.717, 1.165) is 16.6 Å². The van der Waals surface area contributed by atoms with E-state index in [1.807, 2.05) is 0 Å². The highest BCUT2D eigenvalue weighted by Gasteiger charge is 2.18. The molecular weight excluding hydrogens is 316 g/mol. The number of aromatic nitrogens is 1. The fourth-order valence-electron chi connectivity index (χ4n) is 1.43. The van der Waals surface area contributed by atoms with Crippen molar-refractivity contribution in [3.05, 3.63) is 26.3 Å². The fraction of sp³-hybridized carbons (Fsp3) is 0.417. The van der Waals surface area contributed by atoms with E-state index in [2.05, 4.69) is 51.6 Å². The Labute approximate surface area is 118 Å². The maximum atomic E-state index is 5.75. The van der Waals surface area contributed by atoms with E-state index in [4.69, 9.17) is 5.73 Å². The first-order chi connectivity index (χ1) is 8.00. The van der Waals surface area contributed by atoms with E-state index in [1.165, 1.54) is 9.88 Å². The Balaban J connectivity index is 2.16. The van der Waals surface area contributed by atoms with Crippen molar-refractivity contribution in [2.45, 2.75) is 20.3 Å². The van der Waals surface area contributed by atoms with Crippen LogP contribution >= 0.6 is 38.6 Å². The summed E-state index contributed by atoms with van der Waals surface area (Å²) in [7, 11) is 0. The summed E-state index contributed by atoms with van der Waals surface area (Å²) < 4.78 is 1.12. The Morgan fingerprint density at radius 3 is 2.71 bits per heavy atom. The first-order valence-corrected chi connectivity index (χ1v) is 7.94. The van der Waals surface area contributed by atoms with Crippen molar-refractivity contribution in [3.8, 4) is 10.6 Å². The molecule has 0 amide bonds. The summed E-state index contributed by atoms with van der Waals surface area (Å²) in [5.74, 6) is 0. The molecule has 0 aromatic carbocycles. The van der Waals surface area contributed by atoms with Gasteiger partial charge in [0.2, 0.25) is 0 Å². The van der Waals surface area contributed by atoms with Crippen molar-refractivity contribution in [1.29, 1.82) is 0 Å². The molecule has 0 fully saturated rings. The normalized spacial score (nSPS) is 12.0. The lowest BCUT2D eigenvalue weighted by atomic mass is 9.90. The van der Waals surface area contributed by atoms with Gasteiger partial charge in [-0.15, -0.1) is 22.7 Å². The Hall–Kier alpha value is -0.230. The third-order valence-corrected chi connectivity index (χ3v) is 5.12. The van der Waals surface area contributed by atoms with Gasteiger partial charge in [0.15, 0.2) is 0 Å². The quantitative estimate of drug-likeness (QED) is 0.913. The standard InChI is InChI=1S/C12H15BrN2S2/c1-12(2,7-14)4-11-15-9(6-17-11)10-3-8(13)5-16-10/h3,5-6H,4,7,14H2,1-2H3. The summed E-state index contributed by atoms with van der Waals surface area (Å²) in [6.45, 7) is 5.04.